The Labute approximate surface area is 43.4 Å². The van der Waals surface area contributed by atoms with Gasteiger partial charge in [-0.05, 0) is 6.66 Å². The Kier molecular flexibility index (Phi) is 1.93. The molecule has 0 spiro atoms. The molecular formula is CH5NO3P2. The molecule has 1 atom stereocenters. The number of hydrogen-bond donors (Lipinski definition) is 2. The largest absolute Gasteiger partial charge is 0.365 e. The molecule has 6 heteroatoms. The zero-order valence-corrected chi connectivity index (χ0v) is 5.45. The number of hydrogen-bond acceptors (Lipinski definition) is 4. The molecule has 1 aliphatic rings. The zero-order valence-electron chi connectivity index (χ0n) is 3.66. The fraction of sp³-hybridized carbons (Fsp3) is 1.00. The molecule has 0 aliphatic carbocycles. The molecule has 0 saturated carbocycles. The summed E-state index contributed by atoms with van der Waals surface area (Å²) in [5, 5.41) is 0. The predicted molar refractivity (Wildman–Crippen MR) is 27.3 cm³/mol. The van der Waals surface area contributed by atoms with Crippen LogP contribution in [0.1, 0.15) is 0 Å². The van der Waals surface area contributed by atoms with Crippen LogP contribution < -0.4 is 5.64 Å². The molecule has 7 heavy (non-hydrogen) atoms. The summed E-state index contributed by atoms with van der Waals surface area (Å²) in [4.78, 5) is 8.68. The molecular weight excluding hydrogens is 136 g/mol. The average Bonchev–Trinajstić information content (AvgIpc) is 1.23. The van der Waals surface area contributed by atoms with Crippen molar-refractivity contribution in [1.29, 1.82) is 0 Å². The molecule has 0 amide bonds. The molecule has 1 saturated heterocycles. The van der Waals surface area contributed by atoms with E-state index < -0.39 is 15.9 Å². The summed E-state index contributed by atoms with van der Waals surface area (Å²) in [7, 11) is -1.96. The maximum absolute atomic E-state index is 8.68. The average molecular weight is 141 g/mol. The van der Waals surface area contributed by atoms with E-state index in [9.17, 15) is 0 Å². The van der Waals surface area contributed by atoms with Gasteiger partial charge in [-0.2, -0.15) is 0 Å². The third-order valence-electron chi connectivity index (χ3n) is 0.467. The Morgan fingerprint density at radius 2 is 2.29 bits per heavy atom. The predicted octanol–water partition coefficient (Wildman–Crippen LogP) is 0.699. The van der Waals surface area contributed by atoms with Crippen molar-refractivity contribution in [3.05, 3.63) is 0 Å². The van der Waals surface area contributed by atoms with Crippen LogP contribution in [0.2, 0.25) is 0 Å². The van der Waals surface area contributed by atoms with Crippen LogP contribution in [0.15, 0.2) is 0 Å². The maximum atomic E-state index is 8.68. The standard InChI is InChI=1S/CH5NO3P2/c1-6(3)7-4-2-5-7/h2-3H,1H3. The lowest BCUT2D eigenvalue weighted by Gasteiger charge is -2.25. The lowest BCUT2D eigenvalue weighted by molar-refractivity contribution is -0.0902. The van der Waals surface area contributed by atoms with Crippen LogP contribution in [-0.2, 0) is 9.25 Å². The normalized spacial score (nSPS) is 26.6. The fourth-order valence-electron chi connectivity index (χ4n) is 0.189. The minimum absolute atomic E-state index is 0.948. The van der Waals surface area contributed by atoms with Crippen LogP contribution in [0.5, 0.6) is 0 Å². The van der Waals surface area contributed by atoms with E-state index in [1.807, 2.05) is 0 Å². The van der Waals surface area contributed by atoms with Gasteiger partial charge in [0.25, 0.3) is 8.06 Å². The molecule has 0 radical (unpaired) electrons. The first kappa shape index (κ1) is 5.83. The van der Waals surface area contributed by atoms with Crippen molar-refractivity contribution in [3.63, 3.8) is 0 Å². The molecule has 1 heterocycles. The Bertz CT molecular complexity index is 64.0. The van der Waals surface area contributed by atoms with Gasteiger partial charge in [-0.1, -0.05) is 5.64 Å². The number of rotatable bonds is 1. The van der Waals surface area contributed by atoms with Gasteiger partial charge in [0.15, 0.2) is 0 Å². The maximum Gasteiger partial charge on any atom is 0.267 e. The van der Waals surface area contributed by atoms with Crippen molar-refractivity contribution in [2.75, 3.05) is 6.66 Å². The quantitative estimate of drug-likeness (QED) is 0.527. The van der Waals surface area contributed by atoms with E-state index in [2.05, 4.69) is 14.9 Å². The van der Waals surface area contributed by atoms with Crippen molar-refractivity contribution in [2.45, 2.75) is 0 Å². The van der Waals surface area contributed by atoms with Crippen LogP contribution >= 0.6 is 15.9 Å². The molecule has 0 aromatic carbocycles. The molecule has 0 bridgehead atoms. The highest BCUT2D eigenvalue weighted by Crippen LogP contribution is 2.68. The van der Waals surface area contributed by atoms with Crippen LogP contribution in [0, 0.1) is 0 Å². The Hall–Kier alpha value is 0.700. The zero-order chi connectivity index (χ0) is 5.28. The topological polar surface area (TPSA) is 50.7 Å². The van der Waals surface area contributed by atoms with Crippen molar-refractivity contribution in [2.24, 2.45) is 0 Å². The minimum atomic E-state index is -1.02. The highest BCUT2D eigenvalue weighted by molar-refractivity contribution is 8.23. The van der Waals surface area contributed by atoms with E-state index in [4.69, 9.17) is 4.89 Å². The summed E-state index contributed by atoms with van der Waals surface area (Å²) in [6.07, 6.45) is 0. The fourth-order valence-corrected chi connectivity index (χ4v) is 1.48. The second kappa shape index (κ2) is 2.31. The van der Waals surface area contributed by atoms with Crippen LogP contribution in [-0.4, -0.2) is 11.6 Å². The highest BCUT2D eigenvalue weighted by atomic mass is 32.1. The van der Waals surface area contributed by atoms with E-state index in [1.165, 1.54) is 0 Å². The summed E-state index contributed by atoms with van der Waals surface area (Å²) in [5.74, 6) is 0. The third-order valence-corrected chi connectivity index (χ3v) is 3.31. The van der Waals surface area contributed by atoms with E-state index in [0.29, 0.717) is 0 Å². The van der Waals surface area contributed by atoms with Gasteiger partial charge in [-0.25, -0.2) is 9.25 Å². The van der Waals surface area contributed by atoms with Gasteiger partial charge in [0.05, 0.1) is 0 Å². The lowest BCUT2D eigenvalue weighted by atomic mass is 12.0. The summed E-state index contributed by atoms with van der Waals surface area (Å²) in [6, 6.07) is 0. The first-order valence-electron chi connectivity index (χ1n) is 1.62. The monoisotopic (exact) mass is 141 g/mol. The molecule has 1 unspecified atom stereocenters. The van der Waals surface area contributed by atoms with Crippen molar-refractivity contribution in [3.8, 4) is 0 Å². The highest BCUT2D eigenvalue weighted by Gasteiger charge is 2.26. The molecule has 1 aliphatic heterocycles. The van der Waals surface area contributed by atoms with Gasteiger partial charge in [0, 0.05) is 0 Å². The lowest BCUT2D eigenvalue weighted by Crippen LogP contribution is -2.19. The van der Waals surface area contributed by atoms with Crippen LogP contribution in [0.3, 0.4) is 0 Å². The summed E-state index contributed by atoms with van der Waals surface area (Å²) in [5.41, 5.74) is 2.13. The van der Waals surface area contributed by atoms with Crippen LogP contribution in [0.25, 0.3) is 0 Å². The second-order valence-electron chi connectivity index (χ2n) is 0.993. The van der Waals surface area contributed by atoms with E-state index in [0.717, 1.165) is 0 Å². The third kappa shape index (κ3) is 1.29. The van der Waals surface area contributed by atoms with Gasteiger partial charge in [-0.3, -0.25) is 0 Å². The summed E-state index contributed by atoms with van der Waals surface area (Å²) in [6.45, 7) is 1.68. The van der Waals surface area contributed by atoms with Crippen molar-refractivity contribution >= 4 is 15.9 Å². The second-order valence-corrected chi connectivity index (χ2v) is 5.53. The van der Waals surface area contributed by atoms with Gasteiger partial charge < -0.3 is 4.89 Å². The van der Waals surface area contributed by atoms with Crippen molar-refractivity contribution < 1.29 is 14.1 Å². The van der Waals surface area contributed by atoms with Gasteiger partial charge in [0.1, 0.15) is 7.84 Å². The summed E-state index contributed by atoms with van der Waals surface area (Å²) >= 11 is 0. The van der Waals surface area contributed by atoms with E-state index in [1.54, 1.807) is 6.66 Å². The smallest absolute Gasteiger partial charge is 0.267 e. The Morgan fingerprint density at radius 1 is 1.71 bits per heavy atom. The first-order valence-corrected chi connectivity index (χ1v) is 5.25. The summed E-state index contributed by atoms with van der Waals surface area (Å²) < 4.78 is 9.13. The van der Waals surface area contributed by atoms with Crippen LogP contribution in [0.4, 0.5) is 0 Å². The molecule has 0 aromatic heterocycles. The molecule has 4 nitrogen and oxygen atoms in total. The molecule has 1 rings (SSSR count). The van der Waals surface area contributed by atoms with E-state index >= 15 is 0 Å². The van der Waals surface area contributed by atoms with Gasteiger partial charge in [0.2, 0.25) is 0 Å². The minimum Gasteiger partial charge on any atom is -0.365 e. The first-order chi connectivity index (χ1) is 3.30. The van der Waals surface area contributed by atoms with Crippen molar-refractivity contribution in [1.82, 2.24) is 5.64 Å². The van der Waals surface area contributed by atoms with Gasteiger partial charge in [-0.15, -0.1) is 0 Å². The SMILES string of the molecule is CP(O)P1ONO1. The molecule has 42 valence electrons. The molecule has 0 aromatic rings. The van der Waals surface area contributed by atoms with Gasteiger partial charge >= 0.3 is 0 Å². The Morgan fingerprint density at radius 3 is 2.29 bits per heavy atom. The Balaban J connectivity index is 2.14. The van der Waals surface area contributed by atoms with E-state index in [-0.39, 0.29) is 0 Å². The molecule has 1 fully saturated rings. The molecule has 2 N–H and O–H groups in total. The number of nitrogens with one attached hydrogen (secondary N) is 1.